The van der Waals surface area contributed by atoms with Crippen molar-refractivity contribution in [2.24, 2.45) is 21.7 Å². The van der Waals surface area contributed by atoms with Gasteiger partial charge in [0.25, 0.3) is 0 Å². The number of aromatic hydroxyl groups is 2. The number of hydrogen-bond donors (Lipinski definition) is 6. The molecule has 8 nitrogen and oxygen atoms in total. The van der Waals surface area contributed by atoms with Gasteiger partial charge in [-0.25, -0.2) is 0 Å². The summed E-state index contributed by atoms with van der Waals surface area (Å²) in [5, 5.41) is 26.1. The third kappa shape index (κ3) is 11.4. The van der Waals surface area contributed by atoms with E-state index in [2.05, 4.69) is 283 Å². The first kappa shape index (κ1) is 61.2. The SMILES string of the molecule is CC(C)(C)C1=CC(=C2c3ccc([nH]3)C(=C3C=C(C(C)(C)C)C(=O)C(C(C)(C)C)=C3)c3ccc([nH]3)/C(c3cc(C(C)(C)C)c(O)c(C(C)(C)C)c3)=c3/cc/c([nH]3)=C(\c3cc(C(C)(C)C)c(O)c(C(C)(C)C)c3)c3ccc2[nH]3)C=C(C(C)(C)C)C1=O. The molecular weight excluding hydrogens is 1030 g/mol. The standard InChI is InChI=1S/C76H94N4O4/c1-69(2,3)45-33-41(34-46(65(45)81)70(4,5)6)61-53-25-27-55(77-53)62(42-35-47(71(7,8)9)66(82)48(36-42)72(10,11)12)57-29-31-59(79-57)64(44-39-51(75(19,20)21)68(84)52(40-44)76(22,23)24)60-32-30-58(80-60)63(56-28-26-54(61)78-56)43-37-49(73(13,14)15)67(83)50(38-43)74(16,17)18/h25-40,77-82H,1-24H3/b61-53-,62-55-. The van der Waals surface area contributed by atoms with Crippen molar-refractivity contribution in [2.75, 3.05) is 0 Å². The van der Waals surface area contributed by atoms with E-state index in [4.69, 9.17) is 0 Å². The Hall–Kier alpha value is -7.32. The monoisotopic (exact) mass is 1130 g/mol. The van der Waals surface area contributed by atoms with Crippen LogP contribution in [-0.2, 0) is 31.2 Å². The summed E-state index contributed by atoms with van der Waals surface area (Å²) in [5.74, 6) is 0.711. The molecule has 9 rings (SSSR count). The summed E-state index contributed by atoms with van der Waals surface area (Å²) in [5.41, 5.74) is 15.1. The first-order valence-electron chi connectivity index (χ1n) is 30.1. The highest BCUT2D eigenvalue weighted by Gasteiger charge is 2.38. The predicted molar refractivity (Wildman–Crippen MR) is 349 cm³/mol. The first-order chi connectivity index (χ1) is 38.3. The minimum atomic E-state index is -0.470. The van der Waals surface area contributed by atoms with E-state index in [1.807, 2.05) is 0 Å². The van der Waals surface area contributed by atoms with Gasteiger partial charge in [-0.3, -0.25) is 9.59 Å². The van der Waals surface area contributed by atoms with Crippen molar-refractivity contribution in [3.05, 3.63) is 209 Å². The second-order valence-corrected chi connectivity index (χ2v) is 32.3. The van der Waals surface area contributed by atoms with E-state index in [0.717, 1.165) is 134 Å². The molecular formula is C76H94N4O4. The molecule has 3 aliphatic rings. The summed E-state index contributed by atoms with van der Waals surface area (Å²) in [4.78, 5) is 45.4. The quantitative estimate of drug-likeness (QED) is 0.103. The lowest BCUT2D eigenvalue weighted by molar-refractivity contribution is -0.114. The fourth-order valence-electron chi connectivity index (χ4n) is 12.2. The van der Waals surface area contributed by atoms with Gasteiger partial charge in [-0.15, -0.1) is 0 Å². The molecule has 0 amide bonds. The number of hydrogen-bond acceptors (Lipinski definition) is 4. The number of phenols is 2. The molecule has 8 heteroatoms. The minimum Gasteiger partial charge on any atom is -0.507 e. The Labute approximate surface area is 500 Å². The number of aromatic nitrogens is 4. The number of allylic oxidation sites excluding steroid dienone is 10. The molecule has 0 saturated carbocycles. The van der Waals surface area contributed by atoms with Crippen LogP contribution in [0.4, 0.5) is 0 Å². The lowest BCUT2D eigenvalue weighted by Crippen LogP contribution is -2.28. The van der Waals surface area contributed by atoms with Crippen LogP contribution < -0.4 is 10.7 Å². The molecule has 0 atom stereocenters. The summed E-state index contributed by atoms with van der Waals surface area (Å²) in [7, 11) is 0. The summed E-state index contributed by atoms with van der Waals surface area (Å²) in [6.45, 7) is 51.1. The largest absolute Gasteiger partial charge is 0.507 e. The lowest BCUT2D eigenvalue weighted by atomic mass is 9.71. The number of carbonyl (C=O) groups excluding carboxylic acids is 2. The lowest BCUT2D eigenvalue weighted by Gasteiger charge is -2.32. The average Bonchev–Trinajstić information content (AvgIpc) is 2.61. The molecule has 8 bridgehead atoms. The number of benzene rings is 2. The number of carbonyl (C=O) groups is 2. The molecule has 1 aliphatic heterocycles. The van der Waals surface area contributed by atoms with Gasteiger partial charge in [0, 0.05) is 112 Å². The topological polar surface area (TPSA) is 138 Å². The van der Waals surface area contributed by atoms with Gasteiger partial charge in [0.1, 0.15) is 11.5 Å². The normalized spacial score (nSPS) is 17.7. The maximum absolute atomic E-state index is 14.7. The molecule has 0 radical (unpaired) electrons. The van der Waals surface area contributed by atoms with E-state index in [1.54, 1.807) is 0 Å². The Bertz CT molecular complexity index is 3650. The van der Waals surface area contributed by atoms with Crippen LogP contribution in [0.25, 0.3) is 22.3 Å². The van der Waals surface area contributed by atoms with Crippen molar-refractivity contribution in [3.63, 3.8) is 0 Å². The number of nitrogens with one attached hydrogen (secondary N) is 4. The van der Waals surface area contributed by atoms with Crippen molar-refractivity contribution in [1.29, 1.82) is 0 Å². The van der Waals surface area contributed by atoms with Crippen LogP contribution in [0.2, 0.25) is 0 Å². The fourth-order valence-corrected chi connectivity index (χ4v) is 12.2. The van der Waals surface area contributed by atoms with Crippen molar-refractivity contribution in [2.45, 2.75) is 188 Å². The molecule has 442 valence electrons. The Balaban J connectivity index is 1.55. The van der Waals surface area contributed by atoms with Gasteiger partial charge in [-0.1, -0.05) is 166 Å². The smallest absolute Gasteiger partial charge is 0.186 e. The number of fused-ring (bicyclic) bond motifs is 8. The summed E-state index contributed by atoms with van der Waals surface area (Å²) in [6.07, 6.45) is 8.37. The molecule has 4 aromatic heterocycles. The second-order valence-electron chi connectivity index (χ2n) is 32.3. The maximum Gasteiger partial charge on any atom is 0.186 e. The predicted octanol–water partition coefficient (Wildman–Crippen LogP) is 17.1. The molecule has 2 aliphatic carbocycles. The average molecular weight is 1130 g/mol. The van der Waals surface area contributed by atoms with Crippen LogP contribution in [0.5, 0.6) is 11.5 Å². The molecule has 0 spiro atoms. The van der Waals surface area contributed by atoms with Crippen molar-refractivity contribution in [3.8, 4) is 11.5 Å². The third-order valence-corrected chi connectivity index (χ3v) is 16.9. The number of Topliss-reactive ketones (excluding diaryl/α,β-unsaturated/α-hetero) is 2. The highest BCUT2D eigenvalue weighted by molar-refractivity contribution is 6.14. The summed E-state index contributed by atoms with van der Waals surface area (Å²) < 4.78 is 0. The van der Waals surface area contributed by atoms with E-state index < -0.39 is 43.3 Å². The van der Waals surface area contributed by atoms with E-state index in [-0.39, 0.29) is 11.6 Å². The third-order valence-electron chi connectivity index (χ3n) is 16.9. The van der Waals surface area contributed by atoms with Crippen LogP contribution in [-0.4, -0.2) is 41.7 Å². The highest BCUT2D eigenvalue weighted by atomic mass is 16.3. The molecule has 2 aromatic carbocycles. The zero-order chi connectivity index (χ0) is 62.3. The molecule has 84 heavy (non-hydrogen) atoms. The maximum atomic E-state index is 14.7. The first-order valence-corrected chi connectivity index (χ1v) is 30.1. The van der Waals surface area contributed by atoms with Crippen molar-refractivity contribution >= 4 is 33.9 Å². The van der Waals surface area contributed by atoms with Crippen LogP contribution in [0, 0.1) is 21.7 Å². The molecule has 6 N–H and O–H groups in total. The molecule has 0 fully saturated rings. The summed E-state index contributed by atoms with van der Waals surface area (Å²) in [6, 6.07) is 25.8. The van der Waals surface area contributed by atoms with E-state index in [1.165, 1.54) is 0 Å². The van der Waals surface area contributed by atoms with Gasteiger partial charge in [0.2, 0.25) is 0 Å². The molecule has 5 heterocycles. The van der Waals surface area contributed by atoms with Crippen LogP contribution >= 0.6 is 0 Å². The molecule has 6 aromatic rings. The Morgan fingerprint density at radius 1 is 0.286 bits per heavy atom. The van der Waals surface area contributed by atoms with E-state index in [0.29, 0.717) is 11.5 Å². The van der Waals surface area contributed by atoms with Gasteiger partial charge < -0.3 is 30.1 Å². The molecule has 0 unspecified atom stereocenters. The van der Waals surface area contributed by atoms with E-state index in [9.17, 15) is 19.8 Å². The number of phenolic OH excluding ortho intramolecular Hbond substituents is 2. The number of ketones is 2. The van der Waals surface area contributed by atoms with Gasteiger partial charge in [0.15, 0.2) is 11.6 Å². The van der Waals surface area contributed by atoms with Gasteiger partial charge >= 0.3 is 0 Å². The Morgan fingerprint density at radius 2 is 0.500 bits per heavy atom. The minimum absolute atomic E-state index is 0.0544. The van der Waals surface area contributed by atoms with E-state index >= 15 is 0 Å². The van der Waals surface area contributed by atoms with Crippen molar-refractivity contribution < 1.29 is 19.8 Å². The molecule has 0 saturated heterocycles. The Morgan fingerprint density at radius 3 is 0.702 bits per heavy atom. The second kappa shape index (κ2) is 20.2. The van der Waals surface area contributed by atoms with Gasteiger partial charge in [0.05, 0.1) is 0 Å². The van der Waals surface area contributed by atoms with Crippen LogP contribution in [0.15, 0.2) is 131 Å². The van der Waals surface area contributed by atoms with Crippen LogP contribution in [0.3, 0.4) is 0 Å². The van der Waals surface area contributed by atoms with Crippen LogP contribution in [0.1, 0.15) is 234 Å². The highest BCUT2D eigenvalue weighted by Crippen LogP contribution is 2.48. The number of rotatable bonds is 2. The van der Waals surface area contributed by atoms with Crippen molar-refractivity contribution in [1.82, 2.24) is 19.9 Å². The van der Waals surface area contributed by atoms with Gasteiger partial charge in [-0.05, 0) is 163 Å². The number of aromatic amines is 4. The zero-order valence-corrected chi connectivity index (χ0v) is 54.9. The Kier molecular flexibility index (Phi) is 14.7. The van der Waals surface area contributed by atoms with Gasteiger partial charge in [-0.2, -0.15) is 0 Å². The summed E-state index contributed by atoms with van der Waals surface area (Å²) >= 11 is 0. The zero-order valence-electron chi connectivity index (χ0n) is 54.9. The number of H-pyrrole nitrogens is 4. The fraction of sp³-hybridized carbons (Fsp3) is 0.421.